The highest BCUT2D eigenvalue weighted by Crippen LogP contribution is 2.25. The van der Waals surface area contributed by atoms with Gasteiger partial charge in [0, 0.05) is 35.8 Å². The molecule has 0 aliphatic carbocycles. The molecule has 130 valence electrons. The van der Waals surface area contributed by atoms with Crippen molar-refractivity contribution in [2.24, 2.45) is 5.92 Å². The van der Waals surface area contributed by atoms with Crippen molar-refractivity contribution in [3.05, 3.63) is 41.6 Å². The Bertz CT molecular complexity index is 895. The zero-order chi connectivity index (χ0) is 18.1. The largest absolute Gasteiger partial charge is 0.347 e. The Labute approximate surface area is 152 Å². The predicted molar refractivity (Wildman–Crippen MR) is 103 cm³/mol. The third kappa shape index (κ3) is 3.22. The van der Waals surface area contributed by atoms with Gasteiger partial charge in [0.1, 0.15) is 5.57 Å². The van der Waals surface area contributed by atoms with Gasteiger partial charge in [-0.05, 0) is 37.2 Å². The summed E-state index contributed by atoms with van der Waals surface area (Å²) in [7, 11) is 0. The maximum Gasteiger partial charge on any atom is 0.265 e. The van der Waals surface area contributed by atoms with Gasteiger partial charge in [0.2, 0.25) is 0 Å². The van der Waals surface area contributed by atoms with Crippen molar-refractivity contribution in [1.29, 1.82) is 0 Å². The van der Waals surface area contributed by atoms with Crippen LogP contribution >= 0.6 is 12.2 Å². The average Bonchev–Trinajstić information content (AvgIpc) is 2.89. The predicted octanol–water partition coefficient (Wildman–Crippen LogP) is 2.94. The van der Waals surface area contributed by atoms with E-state index < -0.39 is 5.91 Å². The number of rotatable bonds is 4. The molecule has 3 rings (SSSR count). The second-order valence-corrected chi connectivity index (χ2v) is 6.90. The number of amides is 2. The number of fused-ring (bicyclic) bond motifs is 1. The minimum atomic E-state index is -0.444. The van der Waals surface area contributed by atoms with Gasteiger partial charge in [0.25, 0.3) is 11.8 Å². The summed E-state index contributed by atoms with van der Waals surface area (Å²) in [5.74, 6) is -0.304. The molecule has 1 N–H and O–H groups in total. The fourth-order valence-electron chi connectivity index (χ4n) is 3.07. The van der Waals surface area contributed by atoms with Crippen LogP contribution in [0.5, 0.6) is 0 Å². The van der Waals surface area contributed by atoms with E-state index in [0.29, 0.717) is 12.5 Å². The molecule has 0 atom stereocenters. The van der Waals surface area contributed by atoms with Crippen molar-refractivity contribution in [2.75, 3.05) is 6.54 Å². The van der Waals surface area contributed by atoms with E-state index in [9.17, 15) is 9.59 Å². The summed E-state index contributed by atoms with van der Waals surface area (Å²) in [6.07, 6.45) is 3.67. The van der Waals surface area contributed by atoms with Gasteiger partial charge in [-0.3, -0.25) is 19.8 Å². The zero-order valence-electron chi connectivity index (χ0n) is 14.6. The van der Waals surface area contributed by atoms with Crippen molar-refractivity contribution in [3.8, 4) is 0 Å². The van der Waals surface area contributed by atoms with Crippen LogP contribution in [0.4, 0.5) is 0 Å². The molecule has 2 amide bonds. The Morgan fingerprint density at radius 2 is 1.96 bits per heavy atom. The van der Waals surface area contributed by atoms with Crippen molar-refractivity contribution in [1.82, 2.24) is 14.8 Å². The van der Waals surface area contributed by atoms with Crippen LogP contribution in [-0.4, -0.2) is 32.9 Å². The Hall–Kier alpha value is -2.47. The Kier molecular flexibility index (Phi) is 4.72. The maximum absolute atomic E-state index is 12.6. The minimum absolute atomic E-state index is 0.114. The van der Waals surface area contributed by atoms with Crippen LogP contribution in [-0.2, 0) is 16.1 Å². The van der Waals surface area contributed by atoms with Gasteiger partial charge >= 0.3 is 0 Å². The molecule has 0 spiro atoms. The molecule has 6 heteroatoms. The van der Waals surface area contributed by atoms with Crippen molar-refractivity contribution in [2.45, 2.75) is 27.3 Å². The first kappa shape index (κ1) is 17.4. The number of aromatic nitrogens is 1. The molecule has 0 radical (unpaired) electrons. The van der Waals surface area contributed by atoms with Gasteiger partial charge in [-0.15, -0.1) is 0 Å². The van der Waals surface area contributed by atoms with Gasteiger partial charge in [-0.2, -0.15) is 0 Å². The van der Waals surface area contributed by atoms with Crippen LogP contribution in [0.25, 0.3) is 17.0 Å². The van der Waals surface area contributed by atoms with E-state index in [1.807, 2.05) is 31.3 Å². The van der Waals surface area contributed by atoms with E-state index >= 15 is 0 Å². The lowest BCUT2D eigenvalue weighted by molar-refractivity contribution is -0.128. The molecule has 1 saturated heterocycles. The molecule has 2 heterocycles. The van der Waals surface area contributed by atoms with Crippen molar-refractivity contribution < 1.29 is 9.59 Å². The molecular weight excluding hydrogens is 334 g/mol. The van der Waals surface area contributed by atoms with Crippen molar-refractivity contribution in [3.63, 3.8) is 0 Å². The maximum atomic E-state index is 12.6. The molecular formula is C19H21N3O2S. The third-order valence-corrected chi connectivity index (χ3v) is 4.51. The summed E-state index contributed by atoms with van der Waals surface area (Å²) >= 11 is 5.07. The monoisotopic (exact) mass is 355 g/mol. The zero-order valence-corrected chi connectivity index (χ0v) is 15.4. The number of carbonyl (C=O) groups excluding carboxylic acids is 2. The molecule has 1 aromatic heterocycles. The van der Waals surface area contributed by atoms with E-state index in [1.54, 1.807) is 6.08 Å². The normalized spacial score (nSPS) is 17.0. The molecule has 1 aliphatic heterocycles. The van der Waals surface area contributed by atoms with Gasteiger partial charge in [0.15, 0.2) is 5.11 Å². The van der Waals surface area contributed by atoms with E-state index in [0.717, 1.165) is 23.0 Å². The topological polar surface area (TPSA) is 54.3 Å². The van der Waals surface area contributed by atoms with E-state index in [4.69, 9.17) is 12.2 Å². The number of nitrogens with one attached hydrogen (secondary N) is 1. The van der Waals surface area contributed by atoms with Crippen LogP contribution in [0.1, 0.15) is 26.3 Å². The summed E-state index contributed by atoms with van der Waals surface area (Å²) in [5, 5.41) is 3.78. The van der Waals surface area contributed by atoms with E-state index in [2.05, 4.69) is 29.8 Å². The smallest absolute Gasteiger partial charge is 0.265 e. The summed E-state index contributed by atoms with van der Waals surface area (Å²) in [6, 6.07) is 8.01. The Morgan fingerprint density at radius 1 is 1.24 bits per heavy atom. The Balaban J connectivity index is 2.10. The second kappa shape index (κ2) is 6.80. The second-order valence-electron chi connectivity index (χ2n) is 6.51. The quantitative estimate of drug-likeness (QED) is 0.521. The van der Waals surface area contributed by atoms with Crippen LogP contribution in [0.2, 0.25) is 0 Å². The molecule has 0 saturated carbocycles. The lowest BCUT2D eigenvalue weighted by atomic mass is 10.1. The van der Waals surface area contributed by atoms with Gasteiger partial charge in [-0.1, -0.05) is 32.0 Å². The molecule has 25 heavy (non-hydrogen) atoms. The highest BCUT2D eigenvalue weighted by Gasteiger charge is 2.32. The molecule has 1 aromatic carbocycles. The lowest BCUT2D eigenvalue weighted by Gasteiger charge is -2.27. The molecule has 2 aromatic rings. The Morgan fingerprint density at radius 3 is 2.64 bits per heavy atom. The highest BCUT2D eigenvalue weighted by atomic mass is 32.1. The number of benzene rings is 1. The molecule has 0 unspecified atom stereocenters. The first-order chi connectivity index (χ1) is 11.9. The first-order valence-electron chi connectivity index (χ1n) is 8.39. The number of para-hydroxylation sites is 1. The fraction of sp³-hybridized carbons (Fsp3) is 0.316. The molecule has 1 fully saturated rings. The van der Waals surface area contributed by atoms with E-state index in [-0.39, 0.29) is 16.6 Å². The number of carbonyl (C=O) groups is 2. The molecule has 5 nitrogen and oxygen atoms in total. The summed E-state index contributed by atoms with van der Waals surface area (Å²) in [4.78, 5) is 26.3. The number of thiocarbonyl (C=S) groups is 1. The van der Waals surface area contributed by atoms with E-state index in [1.165, 1.54) is 4.90 Å². The summed E-state index contributed by atoms with van der Waals surface area (Å²) in [5.41, 5.74) is 2.07. The van der Waals surface area contributed by atoms with Gasteiger partial charge in [-0.25, -0.2) is 0 Å². The van der Waals surface area contributed by atoms with Gasteiger partial charge in [0.05, 0.1) is 0 Å². The van der Waals surface area contributed by atoms with Crippen LogP contribution < -0.4 is 5.32 Å². The number of likely N-dealkylation sites (N-methyl/N-ethyl adjacent to an activating group) is 1. The number of hydrogen-bond acceptors (Lipinski definition) is 3. The standard InChI is InChI=1S/C19H21N3O2S/c1-4-22-18(24)15(17(23)20-19(22)25)9-13-11-21(10-12(2)3)16-8-6-5-7-14(13)16/h5-9,11-12H,4,10H2,1-3H3,(H,20,23,25). The lowest BCUT2D eigenvalue weighted by Crippen LogP contribution is -2.53. The van der Waals surface area contributed by atoms with Crippen LogP contribution in [0, 0.1) is 5.92 Å². The number of nitrogens with zero attached hydrogens (tertiary/aromatic N) is 2. The first-order valence-corrected chi connectivity index (χ1v) is 8.80. The summed E-state index contributed by atoms with van der Waals surface area (Å²) < 4.78 is 2.17. The van der Waals surface area contributed by atoms with Crippen molar-refractivity contribution >= 4 is 46.1 Å². The highest BCUT2D eigenvalue weighted by molar-refractivity contribution is 7.80. The van der Waals surface area contributed by atoms with Crippen LogP contribution in [0.15, 0.2) is 36.0 Å². The molecule has 0 bridgehead atoms. The van der Waals surface area contributed by atoms with Crippen LogP contribution in [0.3, 0.4) is 0 Å². The minimum Gasteiger partial charge on any atom is -0.347 e. The summed E-state index contributed by atoms with van der Waals surface area (Å²) in [6.45, 7) is 7.43. The fourth-order valence-corrected chi connectivity index (χ4v) is 3.38. The average molecular weight is 355 g/mol. The number of hydrogen-bond donors (Lipinski definition) is 1. The SMILES string of the molecule is CCN1C(=O)C(=Cc2cn(CC(C)C)c3ccccc23)C(=O)NC1=S. The third-order valence-electron chi connectivity index (χ3n) is 4.18. The van der Waals surface area contributed by atoms with Gasteiger partial charge < -0.3 is 4.57 Å². The molecule has 1 aliphatic rings.